The molecule has 0 heterocycles. The Labute approximate surface area is 127 Å². The minimum Gasteiger partial charge on any atom is -0.486 e. The van der Waals surface area contributed by atoms with Crippen molar-refractivity contribution in [1.29, 1.82) is 0 Å². The van der Waals surface area contributed by atoms with Crippen LogP contribution in [0.25, 0.3) is 0 Å². The van der Waals surface area contributed by atoms with Crippen LogP contribution in [0.3, 0.4) is 0 Å². The fraction of sp³-hybridized carbons (Fsp3) is 0.368. The van der Waals surface area contributed by atoms with E-state index in [4.69, 9.17) is 10.5 Å². The van der Waals surface area contributed by atoms with Gasteiger partial charge in [0.1, 0.15) is 11.9 Å². The molecule has 21 heavy (non-hydrogen) atoms. The van der Waals surface area contributed by atoms with E-state index >= 15 is 0 Å². The van der Waals surface area contributed by atoms with Crippen LogP contribution >= 0.6 is 0 Å². The molecule has 1 unspecified atom stereocenters. The number of rotatable bonds is 5. The van der Waals surface area contributed by atoms with Gasteiger partial charge in [-0.25, -0.2) is 0 Å². The van der Waals surface area contributed by atoms with Crippen LogP contribution in [0, 0.1) is 0 Å². The Bertz CT molecular complexity index is 540. The van der Waals surface area contributed by atoms with Crippen molar-refractivity contribution in [2.75, 3.05) is 6.54 Å². The molecule has 0 spiro atoms. The highest BCUT2D eigenvalue weighted by Crippen LogP contribution is 2.28. The molecule has 0 aliphatic rings. The molecule has 2 heteroatoms. The summed E-state index contributed by atoms with van der Waals surface area (Å²) < 4.78 is 6.13. The van der Waals surface area contributed by atoms with Crippen molar-refractivity contribution < 1.29 is 4.74 Å². The van der Waals surface area contributed by atoms with Crippen LogP contribution < -0.4 is 10.5 Å². The minimum atomic E-state index is 0.0108. The number of hydrogen-bond donors (Lipinski definition) is 1. The van der Waals surface area contributed by atoms with Gasteiger partial charge in [-0.3, -0.25) is 0 Å². The fourth-order valence-electron chi connectivity index (χ4n) is 2.31. The summed E-state index contributed by atoms with van der Waals surface area (Å²) in [6, 6.07) is 18.6. The summed E-state index contributed by atoms with van der Waals surface area (Å²) in [7, 11) is 0. The largest absolute Gasteiger partial charge is 0.486 e. The molecule has 2 N–H and O–H groups in total. The van der Waals surface area contributed by atoms with Crippen LogP contribution in [0.1, 0.15) is 44.4 Å². The topological polar surface area (TPSA) is 35.2 Å². The number of benzene rings is 2. The van der Waals surface area contributed by atoms with Crippen LogP contribution in [0.5, 0.6) is 5.75 Å². The standard InChI is InChI=1S/C19H25NO/c1-19(2,3)16-9-11-17(12-10-16)21-18(13-14-20)15-7-5-4-6-8-15/h4-12,18H,13-14,20H2,1-3H3. The van der Waals surface area contributed by atoms with Crippen molar-refractivity contribution in [2.24, 2.45) is 5.73 Å². The molecule has 0 amide bonds. The van der Waals surface area contributed by atoms with Crippen LogP contribution in [0.15, 0.2) is 54.6 Å². The van der Waals surface area contributed by atoms with Crippen molar-refractivity contribution in [1.82, 2.24) is 0 Å². The summed E-state index contributed by atoms with van der Waals surface area (Å²) in [5.41, 5.74) is 8.36. The smallest absolute Gasteiger partial charge is 0.125 e. The average Bonchev–Trinajstić information content (AvgIpc) is 2.47. The highest BCUT2D eigenvalue weighted by Gasteiger charge is 2.15. The van der Waals surface area contributed by atoms with Crippen LogP contribution in [-0.2, 0) is 5.41 Å². The van der Waals surface area contributed by atoms with Gasteiger partial charge in [-0.05, 0) is 35.2 Å². The van der Waals surface area contributed by atoms with Crippen molar-refractivity contribution in [2.45, 2.75) is 38.7 Å². The maximum absolute atomic E-state index is 6.13. The molecular weight excluding hydrogens is 258 g/mol. The molecular formula is C19H25NO. The lowest BCUT2D eigenvalue weighted by Crippen LogP contribution is -2.14. The number of ether oxygens (including phenoxy) is 1. The van der Waals surface area contributed by atoms with Crippen LogP contribution in [0.2, 0.25) is 0 Å². The average molecular weight is 283 g/mol. The molecule has 0 saturated carbocycles. The summed E-state index contributed by atoms with van der Waals surface area (Å²) in [6.07, 6.45) is 0.821. The molecule has 0 bridgehead atoms. The monoisotopic (exact) mass is 283 g/mol. The molecule has 0 radical (unpaired) electrons. The summed E-state index contributed by atoms with van der Waals surface area (Å²) in [5.74, 6) is 0.894. The second-order valence-corrected chi connectivity index (χ2v) is 6.37. The third-order valence-electron chi connectivity index (χ3n) is 3.60. The predicted octanol–water partition coefficient (Wildman–Crippen LogP) is 4.45. The van der Waals surface area contributed by atoms with Crippen molar-refractivity contribution >= 4 is 0 Å². The highest BCUT2D eigenvalue weighted by atomic mass is 16.5. The van der Waals surface area contributed by atoms with E-state index in [-0.39, 0.29) is 11.5 Å². The zero-order valence-electron chi connectivity index (χ0n) is 13.2. The van der Waals surface area contributed by atoms with Gasteiger partial charge < -0.3 is 10.5 Å². The van der Waals surface area contributed by atoms with E-state index in [0.717, 1.165) is 12.2 Å². The highest BCUT2D eigenvalue weighted by molar-refractivity contribution is 5.32. The van der Waals surface area contributed by atoms with E-state index in [1.54, 1.807) is 0 Å². The van der Waals surface area contributed by atoms with Gasteiger partial charge in [-0.15, -0.1) is 0 Å². The lowest BCUT2D eigenvalue weighted by atomic mass is 9.87. The molecule has 0 saturated heterocycles. The second-order valence-electron chi connectivity index (χ2n) is 6.37. The Kier molecular flexibility index (Phi) is 5.03. The predicted molar refractivity (Wildman–Crippen MR) is 88.6 cm³/mol. The first-order valence-corrected chi connectivity index (χ1v) is 7.53. The van der Waals surface area contributed by atoms with E-state index < -0.39 is 0 Å². The maximum Gasteiger partial charge on any atom is 0.125 e. The summed E-state index contributed by atoms with van der Waals surface area (Å²) in [4.78, 5) is 0. The van der Waals surface area contributed by atoms with Gasteiger partial charge in [0.15, 0.2) is 0 Å². The Balaban J connectivity index is 2.14. The SMILES string of the molecule is CC(C)(C)c1ccc(OC(CCN)c2ccccc2)cc1. The first kappa shape index (κ1) is 15.6. The van der Waals surface area contributed by atoms with Gasteiger partial charge in [0.25, 0.3) is 0 Å². The molecule has 112 valence electrons. The molecule has 2 nitrogen and oxygen atoms in total. The van der Waals surface area contributed by atoms with Crippen molar-refractivity contribution in [3.05, 3.63) is 65.7 Å². The molecule has 1 atom stereocenters. The Morgan fingerprint density at radius 3 is 2.10 bits per heavy atom. The van der Waals surface area contributed by atoms with Gasteiger partial charge >= 0.3 is 0 Å². The third-order valence-corrected chi connectivity index (χ3v) is 3.60. The Morgan fingerprint density at radius 2 is 1.57 bits per heavy atom. The van der Waals surface area contributed by atoms with Crippen molar-refractivity contribution in [3.63, 3.8) is 0 Å². The summed E-state index contributed by atoms with van der Waals surface area (Å²) in [5, 5.41) is 0. The fourth-order valence-corrected chi connectivity index (χ4v) is 2.31. The van der Waals surface area contributed by atoms with Gasteiger partial charge in [-0.1, -0.05) is 63.2 Å². The van der Waals surface area contributed by atoms with Gasteiger partial charge in [-0.2, -0.15) is 0 Å². The van der Waals surface area contributed by atoms with E-state index in [2.05, 4.69) is 45.0 Å². The molecule has 0 aliphatic heterocycles. The molecule has 2 aromatic carbocycles. The van der Waals surface area contributed by atoms with Gasteiger partial charge in [0.2, 0.25) is 0 Å². The number of hydrogen-bond acceptors (Lipinski definition) is 2. The normalized spacial score (nSPS) is 13.0. The van der Waals surface area contributed by atoms with E-state index in [1.165, 1.54) is 11.1 Å². The van der Waals surface area contributed by atoms with E-state index in [0.29, 0.717) is 6.54 Å². The van der Waals surface area contributed by atoms with Crippen LogP contribution in [-0.4, -0.2) is 6.54 Å². The molecule has 0 aliphatic carbocycles. The summed E-state index contributed by atoms with van der Waals surface area (Å²) >= 11 is 0. The van der Waals surface area contributed by atoms with Gasteiger partial charge in [0.05, 0.1) is 0 Å². The Hall–Kier alpha value is -1.80. The third kappa shape index (κ3) is 4.33. The number of nitrogens with two attached hydrogens (primary N) is 1. The lowest BCUT2D eigenvalue weighted by molar-refractivity contribution is 0.197. The lowest BCUT2D eigenvalue weighted by Gasteiger charge is -2.21. The van der Waals surface area contributed by atoms with Gasteiger partial charge in [0, 0.05) is 6.42 Å². The molecule has 2 aromatic rings. The zero-order chi connectivity index (χ0) is 15.3. The van der Waals surface area contributed by atoms with E-state index in [1.807, 2.05) is 30.3 Å². The van der Waals surface area contributed by atoms with Crippen molar-refractivity contribution in [3.8, 4) is 5.75 Å². The maximum atomic E-state index is 6.13. The quantitative estimate of drug-likeness (QED) is 0.879. The van der Waals surface area contributed by atoms with E-state index in [9.17, 15) is 0 Å². The zero-order valence-corrected chi connectivity index (χ0v) is 13.2. The molecule has 0 fully saturated rings. The minimum absolute atomic E-state index is 0.0108. The first-order valence-electron chi connectivity index (χ1n) is 7.53. The Morgan fingerprint density at radius 1 is 0.952 bits per heavy atom. The second kappa shape index (κ2) is 6.77. The summed E-state index contributed by atoms with van der Waals surface area (Å²) in [6.45, 7) is 7.25. The molecule has 0 aromatic heterocycles. The first-order chi connectivity index (χ1) is 10.0. The van der Waals surface area contributed by atoms with Crippen LogP contribution in [0.4, 0.5) is 0 Å². The molecule has 2 rings (SSSR count).